The highest BCUT2D eigenvalue weighted by molar-refractivity contribution is 6.34. The number of nitrogens with two attached hydrogens (primary N) is 1. The van der Waals surface area contributed by atoms with E-state index < -0.39 is 0 Å². The first-order chi connectivity index (χ1) is 6.66. The summed E-state index contributed by atoms with van der Waals surface area (Å²) in [5.74, 6) is -0.113. The second-order valence-electron chi connectivity index (χ2n) is 3.49. The predicted octanol–water partition coefficient (Wildman–Crippen LogP) is 2.24. The first kappa shape index (κ1) is 12.1. The summed E-state index contributed by atoms with van der Waals surface area (Å²) >= 11 is 5.89. The molecule has 5 heteroatoms. The molecule has 0 radical (unpaired) electrons. The molecule has 1 fully saturated rings. The van der Waals surface area contributed by atoms with E-state index in [0.717, 1.165) is 12.8 Å². The predicted molar refractivity (Wildman–Crippen MR) is 63.6 cm³/mol. The molecule has 1 aromatic carbocycles. The molecule has 1 aliphatic rings. The summed E-state index contributed by atoms with van der Waals surface area (Å²) in [6.07, 6.45) is 2.14. The Morgan fingerprint density at radius 3 is 2.67 bits per heavy atom. The monoisotopic (exact) mass is 246 g/mol. The molecule has 1 amide bonds. The third-order valence-electron chi connectivity index (χ3n) is 2.15. The van der Waals surface area contributed by atoms with Crippen LogP contribution in [0.15, 0.2) is 18.2 Å². The molecule has 82 valence electrons. The number of benzene rings is 1. The lowest BCUT2D eigenvalue weighted by Crippen LogP contribution is -2.25. The maximum Gasteiger partial charge on any atom is 0.253 e. The van der Waals surface area contributed by atoms with Crippen LogP contribution in [0.5, 0.6) is 0 Å². The number of nitrogens with one attached hydrogen (secondary N) is 1. The van der Waals surface area contributed by atoms with E-state index in [-0.39, 0.29) is 18.3 Å². The molecule has 1 aromatic rings. The fourth-order valence-electron chi connectivity index (χ4n) is 1.21. The maximum absolute atomic E-state index is 11.6. The van der Waals surface area contributed by atoms with Crippen molar-refractivity contribution in [1.82, 2.24) is 5.32 Å². The lowest BCUT2D eigenvalue weighted by molar-refractivity contribution is 0.0951. The third kappa shape index (κ3) is 3.01. The van der Waals surface area contributed by atoms with Gasteiger partial charge in [0.2, 0.25) is 0 Å². The summed E-state index contributed by atoms with van der Waals surface area (Å²) in [4.78, 5) is 11.6. The quantitative estimate of drug-likeness (QED) is 0.787. The Kier molecular flexibility index (Phi) is 3.83. The minimum atomic E-state index is -0.113. The number of amides is 1. The van der Waals surface area contributed by atoms with E-state index in [1.165, 1.54) is 0 Å². The highest BCUT2D eigenvalue weighted by Gasteiger charge is 2.24. The van der Waals surface area contributed by atoms with Crippen molar-refractivity contribution in [2.75, 3.05) is 5.73 Å². The molecule has 1 saturated carbocycles. The first-order valence-electron chi connectivity index (χ1n) is 4.52. The van der Waals surface area contributed by atoms with Gasteiger partial charge in [-0.25, -0.2) is 0 Å². The van der Waals surface area contributed by atoms with E-state index in [1.54, 1.807) is 18.2 Å². The van der Waals surface area contributed by atoms with Gasteiger partial charge in [-0.3, -0.25) is 4.79 Å². The Balaban J connectivity index is 0.00000112. The fourth-order valence-corrected chi connectivity index (χ4v) is 1.48. The number of halogens is 2. The first-order valence-corrected chi connectivity index (χ1v) is 4.90. The van der Waals surface area contributed by atoms with Gasteiger partial charge in [-0.2, -0.15) is 0 Å². The zero-order chi connectivity index (χ0) is 10.1. The van der Waals surface area contributed by atoms with Crippen LogP contribution in [0, 0.1) is 0 Å². The van der Waals surface area contributed by atoms with Crippen molar-refractivity contribution in [3.63, 3.8) is 0 Å². The van der Waals surface area contributed by atoms with E-state index in [0.29, 0.717) is 22.3 Å². The highest BCUT2D eigenvalue weighted by Crippen LogP contribution is 2.22. The third-order valence-corrected chi connectivity index (χ3v) is 2.46. The zero-order valence-corrected chi connectivity index (χ0v) is 9.57. The zero-order valence-electron chi connectivity index (χ0n) is 8.00. The molecule has 0 aliphatic heterocycles. The summed E-state index contributed by atoms with van der Waals surface area (Å²) in [6, 6.07) is 5.25. The van der Waals surface area contributed by atoms with E-state index >= 15 is 0 Å². The molecule has 0 heterocycles. The molecule has 3 N–H and O–H groups in total. The van der Waals surface area contributed by atoms with Crippen LogP contribution in [0.2, 0.25) is 5.02 Å². The number of hydrogen-bond acceptors (Lipinski definition) is 2. The molecule has 15 heavy (non-hydrogen) atoms. The van der Waals surface area contributed by atoms with Crippen molar-refractivity contribution in [3.8, 4) is 0 Å². The Bertz CT molecular complexity index is 378. The summed E-state index contributed by atoms with van der Waals surface area (Å²) in [5, 5.41) is 3.27. The second kappa shape index (κ2) is 4.73. The van der Waals surface area contributed by atoms with Gasteiger partial charge in [0, 0.05) is 11.7 Å². The lowest BCUT2D eigenvalue weighted by Gasteiger charge is -2.05. The lowest BCUT2D eigenvalue weighted by atomic mass is 10.2. The molecular weight excluding hydrogens is 235 g/mol. The van der Waals surface area contributed by atoms with Crippen molar-refractivity contribution in [2.24, 2.45) is 0 Å². The number of anilines is 1. The van der Waals surface area contributed by atoms with Crippen LogP contribution in [0.25, 0.3) is 0 Å². The van der Waals surface area contributed by atoms with Crippen LogP contribution in [0.3, 0.4) is 0 Å². The van der Waals surface area contributed by atoms with Crippen LogP contribution in [0.4, 0.5) is 5.69 Å². The van der Waals surface area contributed by atoms with Gasteiger partial charge in [0.05, 0.1) is 10.6 Å². The minimum Gasteiger partial charge on any atom is -0.399 e. The standard InChI is InChI=1S/C10H11ClN2O.ClH/c11-9-5-6(12)1-4-8(9)10(14)13-7-2-3-7;/h1,4-5,7H,2-3,12H2,(H,13,14);1H. The van der Waals surface area contributed by atoms with E-state index in [4.69, 9.17) is 17.3 Å². The van der Waals surface area contributed by atoms with Gasteiger partial charge >= 0.3 is 0 Å². The summed E-state index contributed by atoms with van der Waals surface area (Å²) < 4.78 is 0. The molecule has 1 aliphatic carbocycles. The van der Waals surface area contributed by atoms with Gasteiger partial charge in [-0.15, -0.1) is 12.4 Å². The van der Waals surface area contributed by atoms with Crippen LogP contribution >= 0.6 is 24.0 Å². The number of carbonyl (C=O) groups excluding carboxylic acids is 1. The Morgan fingerprint density at radius 1 is 1.47 bits per heavy atom. The molecular formula is C10H12Cl2N2O. The average Bonchev–Trinajstić information content (AvgIpc) is 2.87. The van der Waals surface area contributed by atoms with Gasteiger partial charge in [0.15, 0.2) is 0 Å². The molecule has 0 spiro atoms. The van der Waals surface area contributed by atoms with Gasteiger partial charge < -0.3 is 11.1 Å². The largest absolute Gasteiger partial charge is 0.399 e. The number of nitrogen functional groups attached to an aromatic ring is 1. The Labute approximate surface area is 99.4 Å². The molecule has 0 atom stereocenters. The van der Waals surface area contributed by atoms with Crippen molar-refractivity contribution < 1.29 is 4.79 Å². The fraction of sp³-hybridized carbons (Fsp3) is 0.300. The SMILES string of the molecule is Cl.Nc1ccc(C(=O)NC2CC2)c(Cl)c1. The topological polar surface area (TPSA) is 55.1 Å². The number of rotatable bonds is 2. The number of carbonyl (C=O) groups is 1. The molecule has 0 aromatic heterocycles. The normalized spacial score (nSPS) is 14.2. The average molecular weight is 247 g/mol. The van der Waals surface area contributed by atoms with Gasteiger partial charge in [0.1, 0.15) is 0 Å². The van der Waals surface area contributed by atoms with E-state index in [9.17, 15) is 4.79 Å². The van der Waals surface area contributed by atoms with Gasteiger partial charge in [-0.1, -0.05) is 11.6 Å². The van der Waals surface area contributed by atoms with Crippen LogP contribution in [0.1, 0.15) is 23.2 Å². The van der Waals surface area contributed by atoms with Crippen molar-refractivity contribution in [2.45, 2.75) is 18.9 Å². The van der Waals surface area contributed by atoms with Crippen molar-refractivity contribution in [3.05, 3.63) is 28.8 Å². The Morgan fingerprint density at radius 2 is 2.13 bits per heavy atom. The summed E-state index contributed by atoms with van der Waals surface area (Å²) in [5.41, 5.74) is 6.59. The smallest absolute Gasteiger partial charge is 0.253 e. The summed E-state index contributed by atoms with van der Waals surface area (Å²) in [6.45, 7) is 0. The van der Waals surface area contributed by atoms with Crippen LogP contribution < -0.4 is 11.1 Å². The summed E-state index contributed by atoms with van der Waals surface area (Å²) in [7, 11) is 0. The number of hydrogen-bond donors (Lipinski definition) is 2. The van der Waals surface area contributed by atoms with E-state index in [2.05, 4.69) is 5.32 Å². The van der Waals surface area contributed by atoms with Gasteiger partial charge in [0.25, 0.3) is 5.91 Å². The molecule has 0 unspecified atom stereocenters. The molecule has 2 rings (SSSR count). The maximum atomic E-state index is 11.6. The molecule has 3 nitrogen and oxygen atoms in total. The van der Waals surface area contributed by atoms with Crippen LogP contribution in [-0.4, -0.2) is 11.9 Å². The second-order valence-corrected chi connectivity index (χ2v) is 3.89. The van der Waals surface area contributed by atoms with Crippen molar-refractivity contribution >= 4 is 35.6 Å². The van der Waals surface area contributed by atoms with Gasteiger partial charge in [-0.05, 0) is 31.0 Å². The van der Waals surface area contributed by atoms with Crippen molar-refractivity contribution in [1.29, 1.82) is 0 Å². The molecule has 0 saturated heterocycles. The molecule has 0 bridgehead atoms. The minimum absolute atomic E-state index is 0. The van der Waals surface area contributed by atoms with E-state index in [1.807, 2.05) is 0 Å². The van der Waals surface area contributed by atoms with Crippen LogP contribution in [-0.2, 0) is 0 Å². The highest BCUT2D eigenvalue weighted by atomic mass is 35.5. The Hall–Kier alpha value is -0.930.